The number of hydrogen-bond acceptors (Lipinski definition) is 2. The Labute approximate surface area is 87.3 Å². The predicted molar refractivity (Wildman–Crippen MR) is 58.6 cm³/mol. The van der Waals surface area contributed by atoms with Crippen LogP contribution < -0.4 is 5.73 Å². The van der Waals surface area contributed by atoms with Crippen molar-refractivity contribution in [2.24, 2.45) is 5.73 Å². The number of H-pyrrole nitrogens is 1. The fourth-order valence-electron chi connectivity index (χ4n) is 1.35. The van der Waals surface area contributed by atoms with Crippen LogP contribution in [0.25, 0.3) is 11.0 Å². The minimum atomic E-state index is 0.251. The summed E-state index contributed by atoms with van der Waals surface area (Å²) in [5, 5.41) is 0.716. The van der Waals surface area contributed by atoms with Crippen molar-refractivity contribution in [2.75, 3.05) is 6.54 Å². The van der Waals surface area contributed by atoms with Gasteiger partial charge in [0.1, 0.15) is 5.82 Å². The molecule has 0 aliphatic carbocycles. The zero-order valence-corrected chi connectivity index (χ0v) is 8.67. The molecule has 0 aliphatic rings. The third kappa shape index (κ3) is 1.61. The summed E-state index contributed by atoms with van der Waals surface area (Å²) in [5.41, 5.74) is 7.47. The largest absolute Gasteiger partial charge is 0.342 e. The standard InChI is InChI=1S/C10H12ClN3/c1-6(5-12)10-13-8-3-2-7(11)4-9(8)14-10/h2-4,6H,5,12H2,1H3,(H,13,14). The second-order valence-corrected chi connectivity index (χ2v) is 3.86. The quantitative estimate of drug-likeness (QED) is 0.798. The van der Waals surface area contributed by atoms with Gasteiger partial charge in [0.15, 0.2) is 0 Å². The van der Waals surface area contributed by atoms with Crippen LogP contribution in [-0.4, -0.2) is 16.5 Å². The lowest BCUT2D eigenvalue weighted by Gasteiger charge is -2.01. The van der Waals surface area contributed by atoms with E-state index in [1.54, 1.807) is 0 Å². The molecular formula is C10H12ClN3. The van der Waals surface area contributed by atoms with Crippen molar-refractivity contribution < 1.29 is 0 Å². The predicted octanol–water partition coefficient (Wildman–Crippen LogP) is 2.28. The Balaban J connectivity index is 2.51. The van der Waals surface area contributed by atoms with E-state index in [1.165, 1.54) is 0 Å². The van der Waals surface area contributed by atoms with Gasteiger partial charge < -0.3 is 10.7 Å². The van der Waals surface area contributed by atoms with Gasteiger partial charge in [0.2, 0.25) is 0 Å². The number of hydrogen-bond donors (Lipinski definition) is 2. The Morgan fingerprint density at radius 2 is 2.36 bits per heavy atom. The van der Waals surface area contributed by atoms with Crippen LogP contribution in [-0.2, 0) is 0 Å². The third-order valence-electron chi connectivity index (χ3n) is 2.28. The summed E-state index contributed by atoms with van der Waals surface area (Å²) in [5.74, 6) is 1.17. The first-order valence-electron chi connectivity index (χ1n) is 4.56. The Bertz CT molecular complexity index is 450. The van der Waals surface area contributed by atoms with Crippen LogP contribution >= 0.6 is 11.6 Å². The zero-order chi connectivity index (χ0) is 10.1. The second-order valence-electron chi connectivity index (χ2n) is 3.42. The molecule has 0 fully saturated rings. The first-order chi connectivity index (χ1) is 6.70. The Kier molecular flexibility index (Phi) is 2.44. The second kappa shape index (κ2) is 3.59. The van der Waals surface area contributed by atoms with Crippen LogP contribution in [0.4, 0.5) is 0 Å². The highest BCUT2D eigenvalue weighted by atomic mass is 35.5. The number of fused-ring (bicyclic) bond motifs is 1. The molecule has 0 spiro atoms. The molecule has 2 rings (SSSR count). The number of nitrogens with zero attached hydrogens (tertiary/aromatic N) is 1. The van der Waals surface area contributed by atoms with E-state index in [2.05, 4.69) is 9.97 Å². The lowest BCUT2D eigenvalue weighted by molar-refractivity contribution is 0.728. The number of nitrogens with one attached hydrogen (secondary N) is 1. The van der Waals surface area contributed by atoms with Crippen molar-refractivity contribution >= 4 is 22.6 Å². The molecule has 0 aliphatic heterocycles. The molecule has 0 radical (unpaired) electrons. The third-order valence-corrected chi connectivity index (χ3v) is 2.52. The molecular weight excluding hydrogens is 198 g/mol. The number of rotatable bonds is 2. The highest BCUT2D eigenvalue weighted by Gasteiger charge is 2.08. The molecule has 0 bridgehead atoms. The molecule has 0 saturated carbocycles. The van der Waals surface area contributed by atoms with Gasteiger partial charge in [-0.1, -0.05) is 18.5 Å². The van der Waals surface area contributed by atoms with Crippen LogP contribution in [0.2, 0.25) is 5.02 Å². The summed E-state index contributed by atoms with van der Waals surface area (Å²) < 4.78 is 0. The van der Waals surface area contributed by atoms with Gasteiger partial charge in [0.25, 0.3) is 0 Å². The molecule has 0 saturated heterocycles. The maximum absolute atomic E-state index is 5.87. The molecule has 14 heavy (non-hydrogen) atoms. The monoisotopic (exact) mass is 209 g/mol. The van der Waals surface area contributed by atoms with E-state index in [-0.39, 0.29) is 5.92 Å². The number of aromatic nitrogens is 2. The molecule has 4 heteroatoms. The first kappa shape index (κ1) is 9.49. The summed E-state index contributed by atoms with van der Waals surface area (Å²) in [4.78, 5) is 7.64. The summed E-state index contributed by atoms with van der Waals surface area (Å²) in [7, 11) is 0. The van der Waals surface area contributed by atoms with E-state index in [4.69, 9.17) is 17.3 Å². The number of halogens is 1. The Morgan fingerprint density at radius 1 is 1.57 bits per heavy atom. The average molecular weight is 210 g/mol. The summed E-state index contributed by atoms with van der Waals surface area (Å²) in [6.07, 6.45) is 0. The topological polar surface area (TPSA) is 54.7 Å². The molecule has 1 aromatic heterocycles. The highest BCUT2D eigenvalue weighted by Crippen LogP contribution is 2.20. The fraction of sp³-hybridized carbons (Fsp3) is 0.300. The highest BCUT2D eigenvalue weighted by molar-refractivity contribution is 6.31. The van der Waals surface area contributed by atoms with Gasteiger partial charge in [-0.25, -0.2) is 4.98 Å². The summed E-state index contributed by atoms with van der Waals surface area (Å²) >= 11 is 5.87. The van der Waals surface area contributed by atoms with Gasteiger partial charge >= 0.3 is 0 Å². The van der Waals surface area contributed by atoms with Crippen LogP contribution in [0.1, 0.15) is 18.7 Å². The maximum atomic E-state index is 5.87. The van der Waals surface area contributed by atoms with Crippen LogP contribution in [0.3, 0.4) is 0 Å². The van der Waals surface area contributed by atoms with E-state index in [9.17, 15) is 0 Å². The van der Waals surface area contributed by atoms with E-state index in [1.807, 2.05) is 25.1 Å². The molecule has 1 atom stereocenters. The van der Waals surface area contributed by atoms with Gasteiger partial charge in [-0.15, -0.1) is 0 Å². The number of aromatic amines is 1. The molecule has 1 unspecified atom stereocenters. The molecule has 0 amide bonds. The van der Waals surface area contributed by atoms with Crippen molar-refractivity contribution in [3.05, 3.63) is 29.0 Å². The molecule has 3 nitrogen and oxygen atoms in total. The van der Waals surface area contributed by atoms with E-state index >= 15 is 0 Å². The average Bonchev–Trinajstić information content (AvgIpc) is 2.59. The Morgan fingerprint density at radius 3 is 3.07 bits per heavy atom. The van der Waals surface area contributed by atoms with Gasteiger partial charge in [-0.3, -0.25) is 0 Å². The molecule has 2 aromatic rings. The normalized spacial score (nSPS) is 13.4. The minimum absolute atomic E-state index is 0.251. The van der Waals surface area contributed by atoms with Crippen molar-refractivity contribution in [1.29, 1.82) is 0 Å². The molecule has 3 N–H and O–H groups in total. The Hall–Kier alpha value is -1.06. The van der Waals surface area contributed by atoms with Crippen LogP contribution in [0, 0.1) is 0 Å². The molecule has 1 heterocycles. The van der Waals surface area contributed by atoms with Crippen LogP contribution in [0.15, 0.2) is 18.2 Å². The SMILES string of the molecule is CC(CN)c1nc2ccc(Cl)cc2[nH]1. The minimum Gasteiger partial charge on any atom is -0.342 e. The number of nitrogens with two attached hydrogens (primary N) is 1. The number of imidazole rings is 1. The van der Waals surface area contributed by atoms with Gasteiger partial charge in [0, 0.05) is 17.5 Å². The van der Waals surface area contributed by atoms with Crippen molar-refractivity contribution in [1.82, 2.24) is 9.97 Å². The summed E-state index contributed by atoms with van der Waals surface area (Å²) in [6, 6.07) is 5.61. The van der Waals surface area contributed by atoms with Gasteiger partial charge in [-0.05, 0) is 18.2 Å². The summed E-state index contributed by atoms with van der Waals surface area (Å²) in [6.45, 7) is 2.63. The van der Waals surface area contributed by atoms with Gasteiger partial charge in [0.05, 0.1) is 11.0 Å². The zero-order valence-electron chi connectivity index (χ0n) is 7.92. The van der Waals surface area contributed by atoms with Crippen molar-refractivity contribution in [3.63, 3.8) is 0 Å². The fourth-order valence-corrected chi connectivity index (χ4v) is 1.52. The van der Waals surface area contributed by atoms with E-state index < -0.39 is 0 Å². The first-order valence-corrected chi connectivity index (χ1v) is 4.93. The smallest absolute Gasteiger partial charge is 0.111 e. The maximum Gasteiger partial charge on any atom is 0.111 e. The van der Waals surface area contributed by atoms with Crippen LogP contribution in [0.5, 0.6) is 0 Å². The van der Waals surface area contributed by atoms with Gasteiger partial charge in [-0.2, -0.15) is 0 Å². The van der Waals surface area contributed by atoms with E-state index in [0.717, 1.165) is 16.9 Å². The van der Waals surface area contributed by atoms with E-state index in [0.29, 0.717) is 11.6 Å². The molecule has 1 aromatic carbocycles. The lowest BCUT2D eigenvalue weighted by Crippen LogP contribution is -2.10. The van der Waals surface area contributed by atoms with Crippen molar-refractivity contribution in [2.45, 2.75) is 12.8 Å². The number of benzene rings is 1. The lowest BCUT2D eigenvalue weighted by atomic mass is 10.2. The molecule has 74 valence electrons. The van der Waals surface area contributed by atoms with Crippen molar-refractivity contribution in [3.8, 4) is 0 Å².